The van der Waals surface area contributed by atoms with E-state index in [1.165, 1.54) is 0 Å². The molecule has 0 atom stereocenters. The minimum atomic E-state index is -0.108. The third-order valence-electron chi connectivity index (χ3n) is 3.21. The van der Waals surface area contributed by atoms with Crippen LogP contribution in [0, 0.1) is 6.92 Å². The van der Waals surface area contributed by atoms with Crippen LogP contribution in [-0.4, -0.2) is 24.5 Å². The molecule has 0 saturated heterocycles. The van der Waals surface area contributed by atoms with Crippen molar-refractivity contribution >= 4 is 11.6 Å². The number of hydrogen-bond donors (Lipinski definition) is 1. The molecule has 112 valence electrons. The zero-order valence-electron chi connectivity index (χ0n) is 12.6. The second kappa shape index (κ2) is 6.35. The van der Waals surface area contributed by atoms with Crippen LogP contribution in [0.5, 0.6) is 5.75 Å². The summed E-state index contributed by atoms with van der Waals surface area (Å²) >= 11 is 0. The molecule has 1 heterocycles. The van der Waals surface area contributed by atoms with Crippen LogP contribution in [0.3, 0.4) is 0 Å². The highest BCUT2D eigenvalue weighted by Crippen LogP contribution is 2.21. The van der Waals surface area contributed by atoms with Gasteiger partial charge in [0, 0.05) is 36.5 Å². The van der Waals surface area contributed by atoms with Gasteiger partial charge in [0.05, 0.1) is 12.9 Å². The van der Waals surface area contributed by atoms with E-state index in [-0.39, 0.29) is 5.91 Å². The highest BCUT2D eigenvalue weighted by atomic mass is 16.5. The van der Waals surface area contributed by atoms with Crippen LogP contribution in [-0.2, 0) is 6.54 Å². The van der Waals surface area contributed by atoms with Gasteiger partial charge < -0.3 is 19.8 Å². The predicted octanol–water partition coefficient (Wildman–Crippen LogP) is 2.84. The van der Waals surface area contributed by atoms with Gasteiger partial charge in [-0.05, 0) is 32.0 Å². The molecule has 0 aliphatic heterocycles. The summed E-state index contributed by atoms with van der Waals surface area (Å²) < 4.78 is 10.7. The number of nitrogens with zero attached hydrogens (tertiary/aromatic N) is 1. The number of rotatable bonds is 5. The van der Waals surface area contributed by atoms with E-state index in [0.29, 0.717) is 30.2 Å². The molecule has 5 heteroatoms. The topological polar surface area (TPSA) is 68.7 Å². The molecule has 0 radical (unpaired) electrons. The molecule has 2 aromatic rings. The Morgan fingerprint density at radius 2 is 2.14 bits per heavy atom. The van der Waals surface area contributed by atoms with Crippen LogP contribution in [0.25, 0.3) is 0 Å². The van der Waals surface area contributed by atoms with Crippen molar-refractivity contribution in [3.63, 3.8) is 0 Å². The van der Waals surface area contributed by atoms with E-state index in [1.54, 1.807) is 36.4 Å². The van der Waals surface area contributed by atoms with Gasteiger partial charge in [-0.1, -0.05) is 0 Å². The Balaban J connectivity index is 2.17. The van der Waals surface area contributed by atoms with E-state index in [1.807, 2.05) is 19.9 Å². The minimum Gasteiger partial charge on any atom is -0.494 e. The first-order valence-electron chi connectivity index (χ1n) is 6.83. The summed E-state index contributed by atoms with van der Waals surface area (Å²) in [5.74, 6) is 1.31. The zero-order chi connectivity index (χ0) is 15.4. The van der Waals surface area contributed by atoms with Crippen LogP contribution >= 0.6 is 0 Å². The Kier molecular flexibility index (Phi) is 4.52. The number of anilines is 1. The maximum Gasteiger partial charge on any atom is 0.254 e. The molecule has 21 heavy (non-hydrogen) atoms. The van der Waals surface area contributed by atoms with Gasteiger partial charge in [-0.3, -0.25) is 4.79 Å². The van der Waals surface area contributed by atoms with E-state index in [9.17, 15) is 4.79 Å². The van der Waals surface area contributed by atoms with E-state index in [0.717, 1.165) is 11.3 Å². The van der Waals surface area contributed by atoms with Crippen LogP contribution in [0.2, 0.25) is 0 Å². The number of aryl methyl sites for hydroxylation is 1. The quantitative estimate of drug-likeness (QED) is 0.859. The fraction of sp³-hybridized carbons (Fsp3) is 0.312. The number of carbonyl (C=O) groups is 1. The van der Waals surface area contributed by atoms with E-state index in [4.69, 9.17) is 14.9 Å². The van der Waals surface area contributed by atoms with E-state index in [2.05, 4.69) is 0 Å². The first-order valence-corrected chi connectivity index (χ1v) is 6.83. The van der Waals surface area contributed by atoms with Crippen molar-refractivity contribution in [1.29, 1.82) is 0 Å². The number of nitrogen functional groups attached to an aromatic ring is 1. The fourth-order valence-electron chi connectivity index (χ4n) is 2.12. The summed E-state index contributed by atoms with van der Waals surface area (Å²) in [4.78, 5) is 14.1. The van der Waals surface area contributed by atoms with Gasteiger partial charge in [0.15, 0.2) is 0 Å². The number of benzene rings is 1. The molecule has 0 aliphatic rings. The number of hydrogen-bond acceptors (Lipinski definition) is 4. The van der Waals surface area contributed by atoms with Crippen molar-refractivity contribution in [3.05, 3.63) is 47.4 Å². The van der Waals surface area contributed by atoms with Crippen molar-refractivity contribution < 1.29 is 13.9 Å². The molecular weight excluding hydrogens is 268 g/mol. The van der Waals surface area contributed by atoms with Gasteiger partial charge in [0.1, 0.15) is 11.5 Å². The Bertz CT molecular complexity index is 634. The minimum absolute atomic E-state index is 0.108. The fourth-order valence-corrected chi connectivity index (χ4v) is 2.12. The van der Waals surface area contributed by atoms with Crippen LogP contribution < -0.4 is 10.5 Å². The summed E-state index contributed by atoms with van der Waals surface area (Å²) in [5.41, 5.74) is 7.84. The van der Waals surface area contributed by atoms with Gasteiger partial charge in [0.25, 0.3) is 5.91 Å². The number of carbonyl (C=O) groups excluding carboxylic acids is 1. The van der Waals surface area contributed by atoms with Gasteiger partial charge >= 0.3 is 0 Å². The molecule has 0 fully saturated rings. The van der Waals surface area contributed by atoms with Crippen LogP contribution in [0.15, 0.2) is 34.9 Å². The first kappa shape index (κ1) is 15.0. The Labute approximate surface area is 124 Å². The normalized spacial score (nSPS) is 10.4. The molecule has 0 aliphatic carbocycles. The zero-order valence-corrected chi connectivity index (χ0v) is 12.6. The Morgan fingerprint density at radius 3 is 2.76 bits per heavy atom. The second-order valence-electron chi connectivity index (χ2n) is 4.89. The summed E-state index contributed by atoms with van der Waals surface area (Å²) in [6.45, 7) is 4.78. The average molecular weight is 288 g/mol. The van der Waals surface area contributed by atoms with Crippen molar-refractivity contribution in [2.24, 2.45) is 0 Å². The lowest BCUT2D eigenvalue weighted by atomic mass is 10.1. The van der Waals surface area contributed by atoms with Crippen molar-refractivity contribution in [3.8, 4) is 5.75 Å². The molecule has 0 saturated carbocycles. The number of amides is 1. The Morgan fingerprint density at radius 1 is 1.38 bits per heavy atom. The van der Waals surface area contributed by atoms with E-state index < -0.39 is 0 Å². The summed E-state index contributed by atoms with van der Waals surface area (Å²) in [6.07, 6.45) is 1.62. The molecule has 0 spiro atoms. The lowest BCUT2D eigenvalue weighted by Gasteiger charge is -2.17. The lowest BCUT2D eigenvalue weighted by molar-refractivity contribution is 0.0784. The van der Waals surface area contributed by atoms with Crippen LogP contribution in [0.1, 0.15) is 28.6 Å². The molecule has 1 aromatic heterocycles. The standard InChI is InChI=1S/C16H20N2O3/c1-4-20-15-8-13(7-14(17)9-15)16(19)18(3)10-12-5-6-21-11(12)2/h5-9H,4,10,17H2,1-3H3. The summed E-state index contributed by atoms with van der Waals surface area (Å²) in [6, 6.07) is 6.94. The highest BCUT2D eigenvalue weighted by Gasteiger charge is 2.15. The molecule has 5 nitrogen and oxygen atoms in total. The summed E-state index contributed by atoms with van der Waals surface area (Å²) in [7, 11) is 1.75. The SMILES string of the molecule is CCOc1cc(N)cc(C(=O)N(C)Cc2ccoc2C)c1. The van der Waals surface area contributed by atoms with Gasteiger partial charge in [-0.15, -0.1) is 0 Å². The highest BCUT2D eigenvalue weighted by molar-refractivity contribution is 5.95. The maximum absolute atomic E-state index is 12.5. The third kappa shape index (κ3) is 3.56. The lowest BCUT2D eigenvalue weighted by Crippen LogP contribution is -2.26. The van der Waals surface area contributed by atoms with Crippen molar-refractivity contribution in [1.82, 2.24) is 4.90 Å². The molecule has 2 N–H and O–H groups in total. The largest absolute Gasteiger partial charge is 0.494 e. The molecule has 1 aromatic carbocycles. The molecule has 1 amide bonds. The predicted molar refractivity (Wildman–Crippen MR) is 81.3 cm³/mol. The van der Waals surface area contributed by atoms with Gasteiger partial charge in [0.2, 0.25) is 0 Å². The van der Waals surface area contributed by atoms with Gasteiger partial charge in [-0.2, -0.15) is 0 Å². The van der Waals surface area contributed by atoms with E-state index >= 15 is 0 Å². The Hall–Kier alpha value is -2.43. The molecule has 0 bridgehead atoms. The second-order valence-corrected chi connectivity index (χ2v) is 4.89. The third-order valence-corrected chi connectivity index (χ3v) is 3.21. The smallest absolute Gasteiger partial charge is 0.254 e. The molecule has 0 unspecified atom stereocenters. The molecular formula is C16H20N2O3. The molecule has 2 rings (SSSR count). The number of furan rings is 1. The number of nitrogens with two attached hydrogens (primary N) is 1. The first-order chi connectivity index (χ1) is 10.0. The summed E-state index contributed by atoms with van der Waals surface area (Å²) in [5, 5.41) is 0. The number of ether oxygens (including phenoxy) is 1. The monoisotopic (exact) mass is 288 g/mol. The van der Waals surface area contributed by atoms with Crippen molar-refractivity contribution in [2.75, 3.05) is 19.4 Å². The van der Waals surface area contributed by atoms with Crippen molar-refractivity contribution in [2.45, 2.75) is 20.4 Å². The van der Waals surface area contributed by atoms with Gasteiger partial charge in [-0.25, -0.2) is 0 Å². The van der Waals surface area contributed by atoms with Crippen LogP contribution in [0.4, 0.5) is 5.69 Å². The average Bonchev–Trinajstić information content (AvgIpc) is 2.83. The maximum atomic E-state index is 12.5.